The van der Waals surface area contributed by atoms with Crippen LogP contribution in [0.1, 0.15) is 0 Å². The number of benzene rings is 1. The number of methoxy groups -OCH3 is 2. The van der Waals surface area contributed by atoms with E-state index >= 15 is 0 Å². The van der Waals surface area contributed by atoms with Gasteiger partial charge in [0.25, 0.3) is 0 Å². The van der Waals surface area contributed by atoms with Crippen molar-refractivity contribution in [2.45, 2.75) is 12.3 Å². The van der Waals surface area contributed by atoms with Crippen LogP contribution in [0.25, 0.3) is 0 Å². The number of ether oxygens (including phenoxy) is 2. The van der Waals surface area contributed by atoms with Gasteiger partial charge < -0.3 is 14.8 Å². The van der Waals surface area contributed by atoms with Gasteiger partial charge >= 0.3 is 18.3 Å². The number of halogens is 4. The lowest BCUT2D eigenvalue weighted by Gasteiger charge is -2.16. The van der Waals surface area contributed by atoms with Crippen LogP contribution in [-0.4, -0.2) is 32.5 Å². The minimum absolute atomic E-state index is 0.0409. The molecule has 19 heavy (non-hydrogen) atoms. The van der Waals surface area contributed by atoms with Crippen molar-refractivity contribution in [1.29, 1.82) is 0 Å². The Kier molecular flexibility index (Phi) is 4.57. The van der Waals surface area contributed by atoms with Gasteiger partial charge in [0.1, 0.15) is 11.5 Å². The lowest BCUT2D eigenvalue weighted by atomic mass is 10.2. The molecule has 0 unspecified atom stereocenters. The summed E-state index contributed by atoms with van der Waals surface area (Å²) in [5, 5.41) is 1.68. The second kappa shape index (κ2) is 5.77. The molecule has 1 N–H and O–H groups in total. The number of carbonyl (C=O) groups is 1. The van der Waals surface area contributed by atoms with Crippen molar-refractivity contribution in [3.63, 3.8) is 0 Å². The average Bonchev–Trinajstić information content (AvgIpc) is 2.38. The molecule has 0 aliphatic carbocycles. The number of hydrogen-bond donors (Lipinski definition) is 1. The Labute approximate surface area is 106 Å². The number of anilines is 1. The van der Waals surface area contributed by atoms with E-state index in [1.807, 2.05) is 0 Å². The first-order chi connectivity index (χ1) is 8.82. The van der Waals surface area contributed by atoms with Crippen molar-refractivity contribution in [2.75, 3.05) is 19.5 Å². The van der Waals surface area contributed by atoms with Gasteiger partial charge in [-0.3, -0.25) is 4.79 Å². The van der Waals surface area contributed by atoms with Crippen molar-refractivity contribution < 1.29 is 31.8 Å². The van der Waals surface area contributed by atoms with E-state index in [4.69, 9.17) is 9.47 Å². The third-order valence-corrected chi connectivity index (χ3v) is 2.23. The molecular weight excluding hydrogens is 270 g/mol. The largest absolute Gasteiger partial charge is 0.497 e. The minimum atomic E-state index is -4.78. The predicted octanol–water partition coefficient (Wildman–Crippen LogP) is 2.54. The highest BCUT2D eigenvalue weighted by Gasteiger charge is 2.49. The summed E-state index contributed by atoms with van der Waals surface area (Å²) in [6.45, 7) is 0. The van der Waals surface area contributed by atoms with Crippen LogP contribution >= 0.6 is 0 Å². The number of hydrogen-bond acceptors (Lipinski definition) is 3. The van der Waals surface area contributed by atoms with E-state index in [1.54, 1.807) is 5.32 Å². The van der Waals surface area contributed by atoms with Crippen LogP contribution < -0.4 is 14.8 Å². The molecule has 0 saturated carbocycles. The minimum Gasteiger partial charge on any atom is -0.497 e. The van der Waals surface area contributed by atoms with Gasteiger partial charge in [-0.2, -0.15) is 8.78 Å². The second-order valence-corrected chi connectivity index (χ2v) is 3.44. The Morgan fingerprint density at radius 3 is 2.37 bits per heavy atom. The Morgan fingerprint density at radius 2 is 1.89 bits per heavy atom. The molecule has 0 spiro atoms. The predicted molar refractivity (Wildman–Crippen MR) is 59.1 cm³/mol. The Balaban J connectivity index is 3.01. The number of rotatable bonds is 5. The first kappa shape index (κ1) is 15.1. The highest BCUT2D eigenvalue weighted by molar-refractivity contribution is 5.97. The lowest BCUT2D eigenvalue weighted by Crippen LogP contribution is -2.41. The van der Waals surface area contributed by atoms with Crippen molar-refractivity contribution in [1.82, 2.24) is 0 Å². The summed E-state index contributed by atoms with van der Waals surface area (Å²) in [6, 6.07) is 3.98. The molecule has 0 saturated heterocycles. The van der Waals surface area contributed by atoms with Gasteiger partial charge in [-0.1, -0.05) is 0 Å². The van der Waals surface area contributed by atoms with E-state index in [0.29, 0.717) is 0 Å². The van der Waals surface area contributed by atoms with E-state index in [0.717, 1.165) is 0 Å². The van der Waals surface area contributed by atoms with E-state index in [1.165, 1.54) is 32.4 Å². The van der Waals surface area contributed by atoms with Gasteiger partial charge in [0, 0.05) is 6.07 Å². The first-order valence-corrected chi connectivity index (χ1v) is 5.02. The fourth-order valence-electron chi connectivity index (χ4n) is 1.22. The molecule has 1 rings (SSSR count). The summed E-state index contributed by atoms with van der Waals surface area (Å²) in [4.78, 5) is 11.1. The molecule has 1 aromatic rings. The number of amides is 1. The molecule has 0 atom stereocenters. The smallest absolute Gasteiger partial charge is 0.383 e. The molecule has 1 aromatic carbocycles. The zero-order valence-electron chi connectivity index (χ0n) is 10.0. The molecule has 0 bridgehead atoms. The molecule has 0 aliphatic rings. The molecule has 0 aliphatic heterocycles. The Hall–Kier alpha value is -1.99. The van der Waals surface area contributed by atoms with Crippen LogP contribution in [0.15, 0.2) is 18.2 Å². The van der Waals surface area contributed by atoms with Gasteiger partial charge in [0.2, 0.25) is 0 Å². The Morgan fingerprint density at radius 1 is 1.26 bits per heavy atom. The fraction of sp³-hybridized carbons (Fsp3) is 0.364. The third-order valence-electron chi connectivity index (χ3n) is 2.23. The van der Waals surface area contributed by atoms with Crippen molar-refractivity contribution in [2.24, 2.45) is 0 Å². The maximum atomic E-state index is 12.8. The molecule has 106 valence electrons. The highest BCUT2D eigenvalue weighted by Crippen LogP contribution is 2.31. The summed E-state index contributed by atoms with van der Waals surface area (Å²) < 4.78 is 59.3. The molecular formula is C11H11F4NO3. The summed E-state index contributed by atoms with van der Waals surface area (Å²) in [6.07, 6.45) is -4.09. The first-order valence-electron chi connectivity index (χ1n) is 5.02. The molecule has 0 radical (unpaired) electrons. The van der Waals surface area contributed by atoms with E-state index in [-0.39, 0.29) is 17.2 Å². The fourth-order valence-corrected chi connectivity index (χ4v) is 1.22. The van der Waals surface area contributed by atoms with E-state index in [2.05, 4.69) is 0 Å². The highest BCUT2D eigenvalue weighted by atomic mass is 19.3. The van der Waals surface area contributed by atoms with Gasteiger partial charge in [-0.15, -0.1) is 0 Å². The van der Waals surface area contributed by atoms with Gasteiger partial charge in [-0.05, 0) is 12.1 Å². The maximum absolute atomic E-state index is 12.8. The normalized spacial score (nSPS) is 11.3. The number of carbonyl (C=O) groups excluding carboxylic acids is 1. The van der Waals surface area contributed by atoms with E-state index < -0.39 is 18.3 Å². The standard InChI is InChI=1S/C11H11F4NO3/c1-18-6-3-4-8(19-2)7(5-6)16-10(17)11(14,15)9(12)13/h3-5,9H,1-2H3,(H,16,17). The average molecular weight is 281 g/mol. The van der Waals surface area contributed by atoms with Crippen molar-refractivity contribution >= 4 is 11.6 Å². The Bertz CT molecular complexity index is 465. The zero-order chi connectivity index (χ0) is 14.6. The molecule has 8 heteroatoms. The quantitative estimate of drug-likeness (QED) is 0.844. The zero-order valence-corrected chi connectivity index (χ0v) is 10.0. The molecule has 0 heterocycles. The topological polar surface area (TPSA) is 47.6 Å². The summed E-state index contributed by atoms with van der Waals surface area (Å²) >= 11 is 0. The maximum Gasteiger partial charge on any atom is 0.383 e. The summed E-state index contributed by atoms with van der Waals surface area (Å²) in [7, 11) is 2.56. The number of alkyl halides is 4. The molecule has 0 fully saturated rings. The van der Waals surface area contributed by atoms with E-state index in [9.17, 15) is 22.4 Å². The summed E-state index contributed by atoms with van der Waals surface area (Å²) in [5.74, 6) is -6.61. The SMILES string of the molecule is COc1ccc(OC)c(NC(=O)C(F)(F)C(F)F)c1. The molecule has 0 aromatic heterocycles. The van der Waals surface area contributed by atoms with Crippen LogP contribution in [0.5, 0.6) is 11.5 Å². The molecule has 1 amide bonds. The lowest BCUT2D eigenvalue weighted by molar-refractivity contribution is -0.163. The monoisotopic (exact) mass is 281 g/mol. The van der Waals surface area contributed by atoms with Crippen LogP contribution in [0.2, 0.25) is 0 Å². The van der Waals surface area contributed by atoms with Crippen LogP contribution in [0.3, 0.4) is 0 Å². The van der Waals surface area contributed by atoms with Gasteiger partial charge in [0.15, 0.2) is 0 Å². The number of nitrogens with one attached hydrogen (secondary N) is 1. The molecule has 4 nitrogen and oxygen atoms in total. The van der Waals surface area contributed by atoms with Gasteiger partial charge in [0.05, 0.1) is 19.9 Å². The second-order valence-electron chi connectivity index (χ2n) is 3.44. The van der Waals surface area contributed by atoms with Crippen molar-refractivity contribution in [3.05, 3.63) is 18.2 Å². The van der Waals surface area contributed by atoms with Crippen LogP contribution in [0, 0.1) is 0 Å². The van der Waals surface area contributed by atoms with Crippen LogP contribution in [-0.2, 0) is 4.79 Å². The van der Waals surface area contributed by atoms with Gasteiger partial charge in [-0.25, -0.2) is 8.78 Å². The summed E-state index contributed by atoms with van der Waals surface area (Å²) in [5.41, 5.74) is -0.188. The van der Waals surface area contributed by atoms with Crippen molar-refractivity contribution in [3.8, 4) is 11.5 Å². The van der Waals surface area contributed by atoms with Crippen LogP contribution in [0.4, 0.5) is 23.2 Å². The third kappa shape index (κ3) is 3.27.